The number of nitrogens with zero attached hydrogens (tertiary/aromatic N) is 2. The molecular formula is C44H37N2O5P. The van der Waals surface area contributed by atoms with Gasteiger partial charge in [0.25, 0.3) is 0 Å². The van der Waals surface area contributed by atoms with E-state index < -0.39 is 6.89 Å². The molecule has 0 saturated heterocycles. The van der Waals surface area contributed by atoms with Crippen molar-refractivity contribution in [1.29, 1.82) is 0 Å². The van der Waals surface area contributed by atoms with Crippen LogP contribution in [0.3, 0.4) is 0 Å². The highest BCUT2D eigenvalue weighted by Gasteiger charge is 2.26. The maximum atomic E-state index is 12.3. The highest BCUT2D eigenvalue weighted by Crippen LogP contribution is 2.43. The predicted octanol–water partition coefficient (Wildman–Crippen LogP) is 7.42. The van der Waals surface area contributed by atoms with E-state index in [4.69, 9.17) is 4.74 Å². The molecule has 0 aliphatic heterocycles. The number of fused-ring (bicyclic) bond motifs is 2. The molecule has 258 valence electrons. The number of rotatable bonds is 7. The molecule has 0 bridgehead atoms. The molecule has 0 N–H and O–H groups in total. The number of carbonyl (C=O) groups is 3. The lowest BCUT2D eigenvalue weighted by atomic mass is 10.1. The zero-order chi connectivity index (χ0) is 36.6. The third-order valence-corrected chi connectivity index (χ3v) is 12.0. The number of aldehydes is 1. The summed E-state index contributed by atoms with van der Waals surface area (Å²) in [4.78, 5) is 42.3. The molecule has 7 rings (SSSR count). The molecule has 0 unspecified atom stereocenters. The number of hydrogen-bond donors (Lipinski definition) is 0. The van der Waals surface area contributed by atoms with Crippen LogP contribution in [-0.4, -0.2) is 48.2 Å². The van der Waals surface area contributed by atoms with E-state index >= 15 is 0 Å². The van der Waals surface area contributed by atoms with Gasteiger partial charge in [0.15, 0.2) is 6.29 Å². The SMILES string of the molecule is COC(=O)/C=C/c1ccnc2ccccc12.COC(=O)C=P(c1ccccc1)(c1ccccc1)c1ccccc1.O=Cc1ccnc2ccccc12. The van der Waals surface area contributed by atoms with Gasteiger partial charge in [-0.3, -0.25) is 14.8 Å². The van der Waals surface area contributed by atoms with Crippen molar-refractivity contribution in [2.24, 2.45) is 0 Å². The van der Waals surface area contributed by atoms with E-state index in [0.717, 1.165) is 49.6 Å². The second kappa shape index (κ2) is 18.5. The van der Waals surface area contributed by atoms with Crippen molar-refractivity contribution in [3.8, 4) is 0 Å². The van der Waals surface area contributed by atoms with Gasteiger partial charge in [-0.15, -0.1) is 0 Å². The number of hydrogen-bond acceptors (Lipinski definition) is 7. The van der Waals surface area contributed by atoms with Crippen LogP contribution in [0.2, 0.25) is 0 Å². The van der Waals surface area contributed by atoms with Gasteiger partial charge in [-0.2, -0.15) is 0 Å². The Balaban J connectivity index is 0.000000161. The maximum absolute atomic E-state index is 12.3. The molecule has 7 aromatic rings. The summed E-state index contributed by atoms with van der Waals surface area (Å²) in [7, 11) is 2.78. The van der Waals surface area contributed by atoms with Gasteiger partial charge in [0.05, 0.1) is 25.3 Å². The number of benzene rings is 5. The summed E-state index contributed by atoms with van der Waals surface area (Å²) in [5, 5.41) is 5.33. The Morgan fingerprint density at radius 3 is 1.37 bits per heavy atom. The van der Waals surface area contributed by atoms with Crippen molar-refractivity contribution in [3.63, 3.8) is 0 Å². The molecule has 0 saturated carbocycles. The Labute approximate surface area is 303 Å². The number of methoxy groups -OCH3 is 2. The van der Waals surface area contributed by atoms with Crippen molar-refractivity contribution in [1.82, 2.24) is 9.97 Å². The summed E-state index contributed by atoms with van der Waals surface area (Å²) in [6, 6.07) is 49.6. The first-order valence-electron chi connectivity index (χ1n) is 16.4. The maximum Gasteiger partial charge on any atom is 0.331 e. The van der Waals surface area contributed by atoms with Crippen LogP contribution in [0, 0.1) is 0 Å². The molecule has 8 heteroatoms. The van der Waals surface area contributed by atoms with E-state index in [2.05, 4.69) is 51.1 Å². The van der Waals surface area contributed by atoms with Gasteiger partial charge in [0.2, 0.25) is 0 Å². The minimum atomic E-state index is -2.23. The number of para-hydroxylation sites is 2. The van der Waals surface area contributed by atoms with Crippen molar-refractivity contribution in [3.05, 3.63) is 181 Å². The minimum Gasteiger partial charge on any atom is -0.466 e. The lowest BCUT2D eigenvalue weighted by Gasteiger charge is -2.28. The third-order valence-electron chi connectivity index (χ3n) is 8.08. The fraction of sp³-hybridized carbons (Fsp3) is 0.0455. The molecule has 52 heavy (non-hydrogen) atoms. The number of ether oxygens (including phenoxy) is 2. The monoisotopic (exact) mass is 704 g/mol. The molecule has 2 aromatic heterocycles. The van der Waals surface area contributed by atoms with Crippen LogP contribution < -0.4 is 15.9 Å². The lowest BCUT2D eigenvalue weighted by molar-refractivity contribution is -0.135. The Bertz CT molecular complexity index is 2230. The first-order chi connectivity index (χ1) is 25.5. The summed E-state index contributed by atoms with van der Waals surface area (Å²) in [5.74, 6) is 1.10. The second-order valence-electron chi connectivity index (χ2n) is 11.2. The Morgan fingerprint density at radius 1 is 0.519 bits per heavy atom. The van der Waals surface area contributed by atoms with Gasteiger partial charge in [-0.05, 0) is 58.7 Å². The first-order valence-corrected chi connectivity index (χ1v) is 18.2. The molecular weight excluding hydrogens is 667 g/mol. The molecule has 0 atom stereocenters. The van der Waals surface area contributed by atoms with E-state index in [1.807, 2.05) is 109 Å². The highest BCUT2D eigenvalue weighted by atomic mass is 31.2. The molecule has 0 radical (unpaired) electrons. The predicted molar refractivity (Wildman–Crippen MR) is 213 cm³/mol. The Hall–Kier alpha value is -6.43. The smallest absolute Gasteiger partial charge is 0.331 e. The minimum absolute atomic E-state index is 0.306. The molecule has 0 aliphatic rings. The van der Waals surface area contributed by atoms with Gasteiger partial charge in [0, 0.05) is 40.6 Å². The normalized spacial score (nSPS) is 10.7. The molecule has 7 nitrogen and oxygen atoms in total. The van der Waals surface area contributed by atoms with Crippen molar-refractivity contribution >= 4 is 74.7 Å². The topological polar surface area (TPSA) is 95.5 Å². The van der Waals surface area contributed by atoms with Crippen molar-refractivity contribution < 1.29 is 23.9 Å². The zero-order valence-corrected chi connectivity index (χ0v) is 29.7. The van der Waals surface area contributed by atoms with E-state index in [9.17, 15) is 14.4 Å². The summed E-state index contributed by atoms with van der Waals surface area (Å²) in [5.41, 5.74) is 3.42. The van der Waals surface area contributed by atoms with Crippen LogP contribution in [-0.2, 0) is 19.1 Å². The zero-order valence-electron chi connectivity index (χ0n) is 28.8. The second-order valence-corrected chi connectivity index (χ2v) is 14.4. The van der Waals surface area contributed by atoms with E-state index in [1.54, 1.807) is 30.3 Å². The number of esters is 2. The molecule has 5 aromatic carbocycles. The van der Waals surface area contributed by atoms with Crippen molar-refractivity contribution in [2.45, 2.75) is 0 Å². The molecule has 0 spiro atoms. The number of aromatic nitrogens is 2. The van der Waals surface area contributed by atoms with E-state index in [1.165, 1.54) is 20.3 Å². The quantitative estimate of drug-likeness (QED) is 0.0738. The first kappa shape index (κ1) is 36.8. The average Bonchev–Trinajstić information content (AvgIpc) is 3.23. The van der Waals surface area contributed by atoms with Crippen LogP contribution in [0.4, 0.5) is 0 Å². The Morgan fingerprint density at radius 2 is 0.923 bits per heavy atom. The van der Waals surface area contributed by atoms with Crippen LogP contribution >= 0.6 is 6.89 Å². The van der Waals surface area contributed by atoms with Crippen LogP contribution in [0.25, 0.3) is 27.9 Å². The molecule has 0 amide bonds. The van der Waals surface area contributed by atoms with Gasteiger partial charge in [-0.25, -0.2) is 9.59 Å². The van der Waals surface area contributed by atoms with E-state index in [-0.39, 0.29) is 11.9 Å². The van der Waals surface area contributed by atoms with Gasteiger partial charge >= 0.3 is 11.9 Å². The summed E-state index contributed by atoms with van der Waals surface area (Å²) >= 11 is 0. The summed E-state index contributed by atoms with van der Waals surface area (Å²) < 4.78 is 9.55. The van der Waals surface area contributed by atoms with Crippen LogP contribution in [0.15, 0.2) is 170 Å². The van der Waals surface area contributed by atoms with Crippen LogP contribution in [0.5, 0.6) is 0 Å². The largest absolute Gasteiger partial charge is 0.466 e. The molecule has 0 fully saturated rings. The van der Waals surface area contributed by atoms with Gasteiger partial charge < -0.3 is 9.47 Å². The number of pyridine rings is 2. The Kier molecular flexibility index (Phi) is 13.1. The lowest BCUT2D eigenvalue weighted by Crippen LogP contribution is -2.28. The third kappa shape index (κ3) is 9.02. The molecule has 2 heterocycles. The van der Waals surface area contributed by atoms with Gasteiger partial charge in [-0.1, -0.05) is 127 Å². The fourth-order valence-electron chi connectivity index (χ4n) is 5.58. The fourth-order valence-corrected chi connectivity index (χ4v) is 9.27. The number of carbonyl (C=O) groups excluding carboxylic acids is 3. The van der Waals surface area contributed by atoms with E-state index in [0.29, 0.717) is 5.56 Å². The van der Waals surface area contributed by atoms with Crippen LogP contribution in [0.1, 0.15) is 15.9 Å². The summed E-state index contributed by atoms with van der Waals surface area (Å²) in [6.45, 7) is -2.23. The molecule has 0 aliphatic carbocycles. The van der Waals surface area contributed by atoms with Crippen molar-refractivity contribution in [2.75, 3.05) is 14.2 Å². The average molecular weight is 705 g/mol. The summed E-state index contributed by atoms with van der Waals surface area (Å²) in [6.07, 6.45) is 7.35. The standard InChI is InChI=1S/C21H19O2P.C13H11NO2.C10H7NO/c1-23-21(22)17-24(18-11-5-2-6-12-18,19-13-7-3-8-14-19)20-15-9-4-10-16-20;1-16-13(15)7-6-10-8-9-14-12-5-3-2-4-11(10)12;12-7-8-5-6-11-10-4-2-1-3-9(8)10/h2-17H,1H3;2-9H,1H3;1-7H/b;7-6+;. The highest BCUT2D eigenvalue weighted by molar-refractivity contribution is 7.95. The van der Waals surface area contributed by atoms with Gasteiger partial charge in [0.1, 0.15) is 0 Å².